The number of non-ortho nitro benzene ring substituents is 1. The number of esters is 1. The third-order valence-electron chi connectivity index (χ3n) is 3.03. The summed E-state index contributed by atoms with van der Waals surface area (Å²) in [6.07, 6.45) is 1.39. The van der Waals surface area contributed by atoms with Gasteiger partial charge in [-0.25, -0.2) is 4.79 Å². The van der Waals surface area contributed by atoms with Crippen LogP contribution in [-0.2, 0) is 0 Å². The summed E-state index contributed by atoms with van der Waals surface area (Å²) in [5, 5.41) is 28.0. The molecule has 2 rings (SSSR count). The molecule has 0 aliphatic rings. The number of hydrogen-bond acceptors (Lipinski definition) is 6. The zero-order chi connectivity index (χ0) is 18.4. The van der Waals surface area contributed by atoms with Crippen molar-refractivity contribution in [2.24, 2.45) is 0 Å². The number of nitrogens with zero attached hydrogens (tertiary/aromatic N) is 3. The summed E-state index contributed by atoms with van der Waals surface area (Å²) in [5.41, 5.74) is 0.296. The lowest BCUT2D eigenvalue weighted by Crippen LogP contribution is -2.09. The maximum absolute atomic E-state index is 12.1. The van der Waals surface area contributed by atoms with Crippen molar-refractivity contribution in [2.45, 2.75) is 0 Å². The number of halogens is 1. The van der Waals surface area contributed by atoms with Gasteiger partial charge in [0, 0.05) is 12.1 Å². The Morgan fingerprint density at radius 3 is 2.32 bits per heavy atom. The van der Waals surface area contributed by atoms with E-state index in [0.717, 1.165) is 12.1 Å². The highest BCUT2D eigenvalue weighted by atomic mass is 35.5. The number of nitriles is 2. The largest absolute Gasteiger partial charge is 0.423 e. The molecule has 0 amide bonds. The van der Waals surface area contributed by atoms with E-state index in [9.17, 15) is 14.9 Å². The van der Waals surface area contributed by atoms with E-state index in [0.29, 0.717) is 5.56 Å². The predicted octanol–water partition coefficient (Wildman–Crippen LogP) is 3.90. The number of carbonyl (C=O) groups is 1. The van der Waals surface area contributed by atoms with Gasteiger partial charge >= 0.3 is 5.97 Å². The van der Waals surface area contributed by atoms with Gasteiger partial charge in [-0.1, -0.05) is 23.7 Å². The van der Waals surface area contributed by atoms with Crippen LogP contribution < -0.4 is 4.74 Å². The fourth-order valence-corrected chi connectivity index (χ4v) is 2.09. The summed E-state index contributed by atoms with van der Waals surface area (Å²) in [6.45, 7) is 0. The minimum Gasteiger partial charge on any atom is -0.423 e. The quantitative estimate of drug-likeness (QED) is 0.270. The number of nitro benzene ring substituents is 1. The van der Waals surface area contributed by atoms with Gasteiger partial charge in [-0.15, -0.1) is 0 Å². The van der Waals surface area contributed by atoms with Crippen molar-refractivity contribution in [3.8, 4) is 17.9 Å². The molecule has 0 spiro atoms. The highest BCUT2D eigenvalue weighted by Crippen LogP contribution is 2.24. The minimum atomic E-state index is -0.766. The van der Waals surface area contributed by atoms with Crippen LogP contribution >= 0.6 is 11.6 Å². The number of allylic oxidation sites excluding steroid dienone is 1. The predicted molar refractivity (Wildman–Crippen MR) is 88.7 cm³/mol. The van der Waals surface area contributed by atoms with E-state index in [4.69, 9.17) is 26.9 Å². The van der Waals surface area contributed by atoms with E-state index >= 15 is 0 Å². The van der Waals surface area contributed by atoms with Crippen LogP contribution in [-0.4, -0.2) is 10.9 Å². The fraction of sp³-hybridized carbons (Fsp3) is 0. The molecule has 0 N–H and O–H groups in total. The van der Waals surface area contributed by atoms with Gasteiger partial charge in [0.15, 0.2) is 0 Å². The van der Waals surface area contributed by atoms with Gasteiger partial charge in [-0.05, 0) is 29.8 Å². The lowest BCUT2D eigenvalue weighted by atomic mass is 10.1. The molecule has 0 atom stereocenters. The van der Waals surface area contributed by atoms with Crippen LogP contribution in [0.25, 0.3) is 6.08 Å². The van der Waals surface area contributed by atoms with Crippen molar-refractivity contribution >= 4 is 29.3 Å². The van der Waals surface area contributed by atoms with Gasteiger partial charge in [0.05, 0.1) is 15.5 Å². The van der Waals surface area contributed by atoms with Gasteiger partial charge < -0.3 is 4.74 Å². The topological polar surface area (TPSA) is 117 Å². The first-order chi connectivity index (χ1) is 11.9. The van der Waals surface area contributed by atoms with Crippen molar-refractivity contribution in [1.29, 1.82) is 10.5 Å². The first-order valence-electron chi connectivity index (χ1n) is 6.72. The monoisotopic (exact) mass is 353 g/mol. The molecular formula is C17H8ClN3O4. The molecule has 2 aromatic carbocycles. The zero-order valence-corrected chi connectivity index (χ0v) is 13.2. The average Bonchev–Trinajstić information content (AvgIpc) is 2.60. The summed E-state index contributed by atoms with van der Waals surface area (Å²) in [4.78, 5) is 22.1. The fourth-order valence-electron chi connectivity index (χ4n) is 1.83. The van der Waals surface area contributed by atoms with Crippen LogP contribution in [0, 0.1) is 32.8 Å². The lowest BCUT2D eigenvalue weighted by Gasteiger charge is -2.06. The van der Waals surface area contributed by atoms with Gasteiger partial charge in [-0.3, -0.25) is 10.1 Å². The van der Waals surface area contributed by atoms with Crippen LogP contribution in [0.2, 0.25) is 5.02 Å². The van der Waals surface area contributed by atoms with E-state index in [1.54, 1.807) is 24.3 Å². The highest BCUT2D eigenvalue weighted by molar-refractivity contribution is 6.33. The van der Waals surface area contributed by atoms with Gasteiger partial charge in [-0.2, -0.15) is 10.5 Å². The van der Waals surface area contributed by atoms with Crippen LogP contribution in [0.5, 0.6) is 5.75 Å². The molecule has 25 heavy (non-hydrogen) atoms. The maximum Gasteiger partial charge on any atom is 0.345 e. The minimum absolute atomic E-state index is 0.00696. The molecular weight excluding hydrogens is 346 g/mol. The summed E-state index contributed by atoms with van der Waals surface area (Å²) in [6, 6.07) is 13.0. The molecule has 0 radical (unpaired) electrons. The molecule has 7 nitrogen and oxygen atoms in total. The van der Waals surface area contributed by atoms with Crippen LogP contribution in [0.4, 0.5) is 5.69 Å². The number of benzene rings is 2. The van der Waals surface area contributed by atoms with Crippen LogP contribution in [0.15, 0.2) is 48.0 Å². The summed E-state index contributed by atoms with van der Waals surface area (Å²) >= 11 is 5.87. The third kappa shape index (κ3) is 4.41. The van der Waals surface area contributed by atoms with Crippen molar-refractivity contribution < 1.29 is 14.5 Å². The van der Waals surface area contributed by atoms with Crippen molar-refractivity contribution in [1.82, 2.24) is 0 Å². The van der Waals surface area contributed by atoms with Crippen molar-refractivity contribution in [2.75, 3.05) is 0 Å². The normalized spacial score (nSPS) is 9.40. The molecule has 0 aliphatic carbocycles. The molecule has 0 heterocycles. The smallest absolute Gasteiger partial charge is 0.345 e. The van der Waals surface area contributed by atoms with Crippen molar-refractivity contribution in [3.63, 3.8) is 0 Å². The molecule has 0 aromatic heterocycles. The molecule has 122 valence electrons. The summed E-state index contributed by atoms with van der Waals surface area (Å²) < 4.78 is 5.15. The molecule has 0 saturated carbocycles. The first kappa shape index (κ1) is 17.7. The van der Waals surface area contributed by atoms with Gasteiger partial charge in [0.1, 0.15) is 23.5 Å². The Morgan fingerprint density at radius 1 is 1.16 bits per heavy atom. The molecule has 0 aliphatic heterocycles. The number of ether oxygens (including phenoxy) is 1. The maximum atomic E-state index is 12.1. The Kier molecular flexibility index (Phi) is 5.47. The Balaban J connectivity index is 2.16. The third-order valence-corrected chi connectivity index (χ3v) is 3.34. The second-order valence-corrected chi connectivity index (χ2v) is 5.07. The Hall–Kier alpha value is -3.68. The van der Waals surface area contributed by atoms with E-state index in [-0.39, 0.29) is 27.6 Å². The highest BCUT2D eigenvalue weighted by Gasteiger charge is 2.16. The summed E-state index contributed by atoms with van der Waals surface area (Å²) in [5.74, 6) is -0.551. The molecule has 8 heteroatoms. The second kappa shape index (κ2) is 7.73. The Labute approximate surface area is 147 Å². The Bertz CT molecular complexity index is 937. The number of nitro groups is 1. The summed E-state index contributed by atoms with van der Waals surface area (Å²) in [7, 11) is 0. The first-order valence-corrected chi connectivity index (χ1v) is 7.10. The Morgan fingerprint density at radius 2 is 1.80 bits per heavy atom. The molecule has 2 aromatic rings. The zero-order valence-electron chi connectivity index (χ0n) is 12.5. The van der Waals surface area contributed by atoms with Crippen molar-refractivity contribution in [3.05, 3.63) is 74.3 Å². The number of carbonyl (C=O) groups excluding carboxylic acids is 1. The van der Waals surface area contributed by atoms with E-state index in [1.807, 2.05) is 0 Å². The standard InChI is InChI=1S/C17H8ClN3O4/c18-16-8-13(21(23)24)3-6-15(16)17(22)25-14-4-1-11(2-5-14)7-12(9-19)10-20/h1-8H. The SMILES string of the molecule is N#CC(C#N)=Cc1ccc(OC(=O)c2ccc([N+](=O)[O-])cc2Cl)cc1. The van der Waals surface area contributed by atoms with Gasteiger partial charge in [0.25, 0.3) is 5.69 Å². The molecule has 0 bridgehead atoms. The van der Waals surface area contributed by atoms with Gasteiger partial charge in [0.2, 0.25) is 0 Å². The van der Waals surface area contributed by atoms with E-state index < -0.39 is 10.9 Å². The molecule has 0 unspecified atom stereocenters. The molecule has 0 saturated heterocycles. The number of hydrogen-bond donors (Lipinski definition) is 0. The number of rotatable bonds is 4. The van der Waals surface area contributed by atoms with E-state index in [2.05, 4.69) is 0 Å². The second-order valence-electron chi connectivity index (χ2n) is 4.66. The average molecular weight is 354 g/mol. The lowest BCUT2D eigenvalue weighted by molar-refractivity contribution is -0.384. The van der Waals surface area contributed by atoms with Crippen LogP contribution in [0.3, 0.4) is 0 Å². The van der Waals surface area contributed by atoms with Crippen LogP contribution in [0.1, 0.15) is 15.9 Å². The molecule has 0 fully saturated rings. The van der Waals surface area contributed by atoms with E-state index in [1.165, 1.54) is 24.3 Å².